The number of nitrogens with zero attached hydrogens (tertiary/aromatic N) is 1. The van der Waals surface area contributed by atoms with Crippen LogP contribution in [0.4, 0.5) is 5.69 Å². The Morgan fingerprint density at radius 3 is 2.66 bits per heavy atom. The molecule has 3 N–H and O–H groups in total. The summed E-state index contributed by atoms with van der Waals surface area (Å²) in [5.41, 5.74) is 4.93. The quantitative estimate of drug-likeness (QED) is 0.586. The van der Waals surface area contributed by atoms with Crippen LogP contribution in [0.5, 0.6) is 5.75 Å². The minimum atomic E-state index is -0.573. The summed E-state index contributed by atoms with van der Waals surface area (Å²) in [6.07, 6.45) is 2.57. The highest BCUT2D eigenvalue weighted by atomic mass is 16.5. The van der Waals surface area contributed by atoms with E-state index < -0.39 is 17.7 Å². The standard InChI is InChI=1S/C19H20N4O6/c24-16(11-23-8-2-7-18(23)26)21-22-17(25)12-29-14-5-1-4-13(10-14)20-19(27)15-6-3-9-28-15/h1,3-6,9-10H,2,7-8,11-12H2,(H,20,27)(H,21,24)(H,22,25). The summed E-state index contributed by atoms with van der Waals surface area (Å²) in [7, 11) is 0. The fourth-order valence-corrected chi connectivity index (χ4v) is 2.67. The van der Waals surface area contributed by atoms with Crippen LogP contribution in [0.2, 0.25) is 0 Å². The molecule has 0 saturated carbocycles. The highest BCUT2D eigenvalue weighted by molar-refractivity contribution is 6.02. The molecular weight excluding hydrogens is 380 g/mol. The number of furan rings is 1. The van der Waals surface area contributed by atoms with Gasteiger partial charge in [-0.05, 0) is 30.7 Å². The topological polar surface area (TPSA) is 130 Å². The molecule has 1 fully saturated rings. The molecule has 0 radical (unpaired) electrons. The fourth-order valence-electron chi connectivity index (χ4n) is 2.67. The molecule has 2 heterocycles. The average molecular weight is 400 g/mol. The SMILES string of the molecule is O=C(COc1cccc(NC(=O)c2ccco2)c1)NNC(=O)CN1CCCC1=O. The van der Waals surface area contributed by atoms with E-state index in [0.717, 1.165) is 6.42 Å². The molecule has 29 heavy (non-hydrogen) atoms. The lowest BCUT2D eigenvalue weighted by Gasteiger charge is -2.15. The summed E-state index contributed by atoms with van der Waals surface area (Å²) < 4.78 is 10.4. The van der Waals surface area contributed by atoms with Crippen molar-refractivity contribution >= 4 is 29.3 Å². The van der Waals surface area contributed by atoms with Gasteiger partial charge in [-0.25, -0.2) is 0 Å². The normalized spacial score (nSPS) is 13.1. The van der Waals surface area contributed by atoms with E-state index in [-0.39, 0.29) is 24.8 Å². The number of hydrogen-bond donors (Lipinski definition) is 3. The van der Waals surface area contributed by atoms with Crippen LogP contribution < -0.4 is 20.9 Å². The predicted octanol–water partition coefficient (Wildman–Crippen LogP) is 0.680. The Morgan fingerprint density at radius 1 is 1.10 bits per heavy atom. The van der Waals surface area contributed by atoms with Crippen LogP contribution in [-0.4, -0.2) is 48.2 Å². The first-order valence-corrected chi connectivity index (χ1v) is 8.94. The van der Waals surface area contributed by atoms with Crippen LogP contribution in [0.3, 0.4) is 0 Å². The molecule has 10 heteroatoms. The van der Waals surface area contributed by atoms with Crippen molar-refractivity contribution in [3.8, 4) is 5.75 Å². The number of rotatable bonds is 7. The van der Waals surface area contributed by atoms with Crippen LogP contribution >= 0.6 is 0 Å². The molecule has 152 valence electrons. The van der Waals surface area contributed by atoms with Gasteiger partial charge >= 0.3 is 0 Å². The van der Waals surface area contributed by atoms with Gasteiger partial charge in [0.1, 0.15) is 12.3 Å². The molecule has 1 aliphatic rings. The van der Waals surface area contributed by atoms with E-state index >= 15 is 0 Å². The van der Waals surface area contributed by atoms with Crippen LogP contribution in [-0.2, 0) is 14.4 Å². The highest BCUT2D eigenvalue weighted by Gasteiger charge is 2.22. The summed E-state index contributed by atoms with van der Waals surface area (Å²) in [6.45, 7) is 0.0893. The van der Waals surface area contributed by atoms with Gasteiger partial charge in [-0.1, -0.05) is 6.07 Å². The number of benzene rings is 1. The molecule has 2 aromatic rings. The third kappa shape index (κ3) is 5.83. The zero-order valence-electron chi connectivity index (χ0n) is 15.5. The minimum Gasteiger partial charge on any atom is -0.484 e. The number of carbonyl (C=O) groups is 4. The van der Waals surface area contributed by atoms with E-state index in [1.807, 2.05) is 0 Å². The van der Waals surface area contributed by atoms with Crippen molar-refractivity contribution in [2.24, 2.45) is 0 Å². The molecule has 1 aromatic heterocycles. The van der Waals surface area contributed by atoms with Gasteiger partial charge in [-0.15, -0.1) is 0 Å². The van der Waals surface area contributed by atoms with Gasteiger partial charge in [-0.3, -0.25) is 30.0 Å². The van der Waals surface area contributed by atoms with Gasteiger partial charge in [-0.2, -0.15) is 0 Å². The summed E-state index contributed by atoms with van der Waals surface area (Å²) in [6, 6.07) is 9.62. The first-order valence-electron chi connectivity index (χ1n) is 8.94. The van der Waals surface area contributed by atoms with Crippen LogP contribution in [0, 0.1) is 0 Å². The second-order valence-electron chi connectivity index (χ2n) is 6.26. The zero-order valence-corrected chi connectivity index (χ0v) is 15.5. The number of anilines is 1. The lowest BCUT2D eigenvalue weighted by Crippen LogP contribution is -2.48. The fraction of sp³-hybridized carbons (Fsp3) is 0.263. The second kappa shape index (κ2) is 9.40. The Labute approximate surface area is 166 Å². The van der Waals surface area contributed by atoms with E-state index in [1.165, 1.54) is 17.2 Å². The number of nitrogens with one attached hydrogen (secondary N) is 3. The molecule has 0 atom stereocenters. The van der Waals surface area contributed by atoms with Gasteiger partial charge in [0.25, 0.3) is 17.7 Å². The lowest BCUT2D eigenvalue weighted by atomic mass is 10.3. The van der Waals surface area contributed by atoms with Gasteiger partial charge in [0.15, 0.2) is 12.4 Å². The van der Waals surface area contributed by atoms with E-state index in [4.69, 9.17) is 9.15 Å². The van der Waals surface area contributed by atoms with E-state index in [9.17, 15) is 19.2 Å². The van der Waals surface area contributed by atoms with Crippen molar-refractivity contribution in [1.82, 2.24) is 15.8 Å². The Hall–Kier alpha value is -3.82. The molecular formula is C19H20N4O6. The highest BCUT2D eigenvalue weighted by Crippen LogP contribution is 2.18. The van der Waals surface area contributed by atoms with Crippen molar-refractivity contribution in [3.63, 3.8) is 0 Å². The third-order valence-corrected chi connectivity index (χ3v) is 4.05. The van der Waals surface area contributed by atoms with Crippen LogP contribution in [0.15, 0.2) is 47.1 Å². The summed E-state index contributed by atoms with van der Waals surface area (Å²) in [5.74, 6) is -1.03. The summed E-state index contributed by atoms with van der Waals surface area (Å²) in [4.78, 5) is 48.5. The van der Waals surface area contributed by atoms with E-state index in [2.05, 4.69) is 16.2 Å². The maximum absolute atomic E-state index is 12.0. The monoisotopic (exact) mass is 400 g/mol. The first-order chi connectivity index (χ1) is 14.0. The average Bonchev–Trinajstić information content (AvgIpc) is 3.38. The van der Waals surface area contributed by atoms with Crippen molar-refractivity contribution in [3.05, 3.63) is 48.4 Å². The molecule has 0 spiro atoms. The number of ether oxygens (including phenoxy) is 1. The molecule has 3 rings (SSSR count). The molecule has 0 aliphatic carbocycles. The Balaban J connectivity index is 1.41. The zero-order chi connectivity index (χ0) is 20.6. The summed E-state index contributed by atoms with van der Waals surface area (Å²) in [5, 5.41) is 2.65. The number of hydrogen-bond acceptors (Lipinski definition) is 6. The van der Waals surface area contributed by atoms with Crippen LogP contribution in [0.1, 0.15) is 23.4 Å². The maximum atomic E-state index is 12.0. The van der Waals surface area contributed by atoms with Crippen molar-refractivity contribution in [1.29, 1.82) is 0 Å². The van der Waals surface area contributed by atoms with Crippen molar-refractivity contribution in [2.45, 2.75) is 12.8 Å². The Bertz CT molecular complexity index is 896. The molecule has 0 bridgehead atoms. The Kier molecular flexibility index (Phi) is 6.46. The van der Waals surface area contributed by atoms with Crippen molar-refractivity contribution < 1.29 is 28.3 Å². The predicted molar refractivity (Wildman–Crippen MR) is 101 cm³/mol. The molecule has 1 aliphatic heterocycles. The largest absolute Gasteiger partial charge is 0.484 e. The van der Waals surface area contributed by atoms with E-state index in [1.54, 1.807) is 30.3 Å². The maximum Gasteiger partial charge on any atom is 0.291 e. The van der Waals surface area contributed by atoms with Crippen molar-refractivity contribution in [2.75, 3.05) is 25.0 Å². The summed E-state index contributed by atoms with van der Waals surface area (Å²) >= 11 is 0. The van der Waals surface area contributed by atoms with Gasteiger partial charge < -0.3 is 19.4 Å². The first kappa shape index (κ1) is 19.9. The number of carbonyl (C=O) groups excluding carboxylic acids is 4. The number of amides is 4. The molecule has 4 amide bonds. The number of likely N-dealkylation sites (tertiary alicyclic amines) is 1. The lowest BCUT2D eigenvalue weighted by molar-refractivity contribution is -0.134. The van der Waals surface area contributed by atoms with Gasteiger partial charge in [0, 0.05) is 24.7 Å². The molecule has 10 nitrogen and oxygen atoms in total. The number of hydrazine groups is 1. The second-order valence-corrected chi connectivity index (χ2v) is 6.26. The van der Waals surface area contributed by atoms with Crippen LogP contribution in [0.25, 0.3) is 0 Å². The van der Waals surface area contributed by atoms with Gasteiger partial charge in [0.05, 0.1) is 6.26 Å². The minimum absolute atomic E-state index is 0.0752. The molecule has 0 unspecified atom stereocenters. The third-order valence-electron chi connectivity index (χ3n) is 4.05. The molecule has 1 saturated heterocycles. The van der Waals surface area contributed by atoms with Gasteiger partial charge in [0.2, 0.25) is 5.91 Å². The molecule has 1 aromatic carbocycles. The Morgan fingerprint density at radius 2 is 1.93 bits per heavy atom. The van der Waals surface area contributed by atoms with E-state index in [0.29, 0.717) is 24.4 Å². The smallest absolute Gasteiger partial charge is 0.291 e.